The standard InChI is InChI=1S/C30H39NO4/c1-19(2)30-15-16-31(7)18-22-11-14-24(33-8)27(26(22)30)35-25(30)17-20(3)34-28(32)21-9-12-23(13-10-21)29(4,5)6/h9-14,20,25H,1,15-18H2,2-8H3/t20-,25?,30+/m0/s1. The Labute approximate surface area is 210 Å². The summed E-state index contributed by atoms with van der Waals surface area (Å²) in [5, 5.41) is 0. The lowest BCUT2D eigenvalue weighted by Gasteiger charge is -2.36. The van der Waals surface area contributed by atoms with E-state index in [1.165, 1.54) is 16.7 Å². The molecule has 0 aliphatic carbocycles. The average Bonchev–Trinajstić information content (AvgIpc) is 3.03. The summed E-state index contributed by atoms with van der Waals surface area (Å²) in [6, 6.07) is 11.8. The van der Waals surface area contributed by atoms with Gasteiger partial charge in [-0.1, -0.05) is 51.1 Å². The van der Waals surface area contributed by atoms with Crippen molar-refractivity contribution in [3.63, 3.8) is 0 Å². The van der Waals surface area contributed by atoms with E-state index in [1.54, 1.807) is 7.11 Å². The van der Waals surface area contributed by atoms with Crippen molar-refractivity contribution >= 4 is 5.97 Å². The topological polar surface area (TPSA) is 48.0 Å². The zero-order chi connectivity index (χ0) is 25.5. The van der Waals surface area contributed by atoms with Crippen LogP contribution in [-0.4, -0.2) is 43.8 Å². The first-order chi connectivity index (χ1) is 16.5. The van der Waals surface area contributed by atoms with Crippen LogP contribution in [0, 0.1) is 0 Å². The quantitative estimate of drug-likeness (QED) is 0.375. The maximum Gasteiger partial charge on any atom is 0.338 e. The molecule has 2 aromatic carbocycles. The Kier molecular flexibility index (Phi) is 6.76. The van der Waals surface area contributed by atoms with Gasteiger partial charge in [0.15, 0.2) is 11.5 Å². The molecule has 0 bridgehead atoms. The molecule has 35 heavy (non-hydrogen) atoms. The Morgan fingerprint density at radius 3 is 2.51 bits per heavy atom. The van der Waals surface area contributed by atoms with Crippen molar-refractivity contribution in [2.24, 2.45) is 0 Å². The highest BCUT2D eigenvalue weighted by atomic mass is 16.6. The van der Waals surface area contributed by atoms with E-state index < -0.39 is 0 Å². The third-order valence-electron chi connectivity index (χ3n) is 7.61. The van der Waals surface area contributed by atoms with E-state index in [1.807, 2.05) is 37.3 Å². The van der Waals surface area contributed by atoms with E-state index in [0.717, 1.165) is 36.6 Å². The van der Waals surface area contributed by atoms with Gasteiger partial charge in [0.1, 0.15) is 12.2 Å². The molecular weight excluding hydrogens is 438 g/mol. The van der Waals surface area contributed by atoms with Crippen LogP contribution in [-0.2, 0) is 22.1 Å². The molecule has 3 atom stereocenters. The average molecular weight is 478 g/mol. The van der Waals surface area contributed by atoms with Crippen molar-refractivity contribution in [2.45, 2.75) is 77.0 Å². The molecular formula is C30H39NO4. The van der Waals surface area contributed by atoms with Gasteiger partial charge >= 0.3 is 5.97 Å². The number of benzene rings is 2. The number of rotatable bonds is 6. The van der Waals surface area contributed by atoms with Crippen LogP contribution >= 0.6 is 0 Å². The molecule has 0 saturated carbocycles. The van der Waals surface area contributed by atoms with Gasteiger partial charge in [-0.25, -0.2) is 4.79 Å². The predicted octanol–water partition coefficient (Wildman–Crippen LogP) is 6.04. The minimum atomic E-state index is -0.348. The first kappa shape index (κ1) is 25.3. The highest BCUT2D eigenvalue weighted by molar-refractivity contribution is 5.89. The van der Waals surface area contributed by atoms with Crippen LogP contribution in [0.15, 0.2) is 48.6 Å². The fraction of sp³-hybridized carbons (Fsp3) is 0.500. The second-order valence-corrected chi connectivity index (χ2v) is 11.3. The first-order valence-corrected chi connectivity index (χ1v) is 12.5. The number of carbonyl (C=O) groups excluding carboxylic acids is 1. The minimum Gasteiger partial charge on any atom is -0.493 e. The number of nitrogens with zero attached hydrogens (tertiary/aromatic N) is 1. The third kappa shape index (κ3) is 4.58. The molecule has 0 saturated heterocycles. The number of methoxy groups -OCH3 is 1. The molecule has 4 rings (SSSR count). The van der Waals surface area contributed by atoms with Crippen molar-refractivity contribution in [2.75, 3.05) is 20.7 Å². The van der Waals surface area contributed by atoms with Crippen molar-refractivity contribution in [3.05, 3.63) is 70.8 Å². The highest BCUT2D eigenvalue weighted by Gasteiger charge is 2.53. The van der Waals surface area contributed by atoms with Crippen molar-refractivity contribution < 1.29 is 19.0 Å². The second kappa shape index (κ2) is 9.34. The van der Waals surface area contributed by atoms with Gasteiger partial charge in [0.2, 0.25) is 0 Å². The van der Waals surface area contributed by atoms with Crippen molar-refractivity contribution in [1.82, 2.24) is 4.90 Å². The van der Waals surface area contributed by atoms with E-state index in [0.29, 0.717) is 12.0 Å². The van der Waals surface area contributed by atoms with E-state index in [9.17, 15) is 4.79 Å². The fourth-order valence-corrected chi connectivity index (χ4v) is 5.59. The molecule has 2 heterocycles. The van der Waals surface area contributed by atoms with Crippen LogP contribution in [0.2, 0.25) is 0 Å². The molecule has 5 nitrogen and oxygen atoms in total. The zero-order valence-corrected chi connectivity index (χ0v) is 22.2. The van der Waals surface area contributed by atoms with E-state index in [4.69, 9.17) is 14.2 Å². The summed E-state index contributed by atoms with van der Waals surface area (Å²) in [5.74, 6) is 1.24. The molecule has 2 aliphatic heterocycles. The Morgan fingerprint density at radius 1 is 1.23 bits per heavy atom. The van der Waals surface area contributed by atoms with Crippen LogP contribution < -0.4 is 9.47 Å². The fourth-order valence-electron chi connectivity index (χ4n) is 5.59. The molecule has 0 fully saturated rings. The molecule has 2 aliphatic rings. The molecule has 0 N–H and O–H groups in total. The van der Waals surface area contributed by atoms with Gasteiger partial charge in [-0.3, -0.25) is 0 Å². The van der Waals surface area contributed by atoms with Crippen LogP contribution in [0.4, 0.5) is 0 Å². The van der Waals surface area contributed by atoms with Gasteiger partial charge in [0.25, 0.3) is 0 Å². The second-order valence-electron chi connectivity index (χ2n) is 11.3. The summed E-state index contributed by atoms with van der Waals surface area (Å²) >= 11 is 0. The lowest BCUT2D eigenvalue weighted by Crippen LogP contribution is -2.42. The Bertz CT molecular complexity index is 1110. The number of hydrogen-bond acceptors (Lipinski definition) is 5. The van der Waals surface area contributed by atoms with E-state index >= 15 is 0 Å². The van der Waals surface area contributed by atoms with Crippen molar-refractivity contribution in [1.29, 1.82) is 0 Å². The smallest absolute Gasteiger partial charge is 0.338 e. The summed E-state index contributed by atoms with van der Waals surface area (Å²) in [7, 11) is 3.82. The largest absolute Gasteiger partial charge is 0.493 e. The Hall–Kier alpha value is -2.79. The normalized spacial score (nSPS) is 22.5. The zero-order valence-electron chi connectivity index (χ0n) is 22.2. The molecule has 188 valence electrons. The monoisotopic (exact) mass is 477 g/mol. The van der Waals surface area contributed by atoms with Crippen LogP contribution in [0.25, 0.3) is 0 Å². The number of esters is 1. The van der Waals surface area contributed by atoms with E-state index in [-0.39, 0.29) is 29.0 Å². The summed E-state index contributed by atoms with van der Waals surface area (Å²) in [6.07, 6.45) is 0.948. The summed E-state index contributed by atoms with van der Waals surface area (Å²) < 4.78 is 18.2. The van der Waals surface area contributed by atoms with Gasteiger partial charge in [0.05, 0.1) is 18.1 Å². The van der Waals surface area contributed by atoms with E-state index in [2.05, 4.69) is 52.3 Å². The predicted molar refractivity (Wildman–Crippen MR) is 139 cm³/mol. The maximum atomic E-state index is 12.9. The van der Waals surface area contributed by atoms with Gasteiger partial charge in [-0.05, 0) is 68.6 Å². The minimum absolute atomic E-state index is 0.0358. The van der Waals surface area contributed by atoms with Crippen LogP contribution in [0.1, 0.15) is 74.5 Å². The Balaban J connectivity index is 1.58. The summed E-state index contributed by atoms with van der Waals surface area (Å²) in [5.41, 5.74) is 4.95. The third-order valence-corrected chi connectivity index (χ3v) is 7.61. The lowest BCUT2D eigenvalue weighted by molar-refractivity contribution is 0.0180. The van der Waals surface area contributed by atoms with Crippen molar-refractivity contribution in [3.8, 4) is 11.5 Å². The van der Waals surface area contributed by atoms with Crippen LogP contribution in [0.3, 0.4) is 0 Å². The number of ether oxygens (including phenoxy) is 3. The van der Waals surface area contributed by atoms with Crippen LogP contribution in [0.5, 0.6) is 11.5 Å². The van der Waals surface area contributed by atoms with Gasteiger partial charge in [-0.15, -0.1) is 0 Å². The maximum absolute atomic E-state index is 12.9. The first-order valence-electron chi connectivity index (χ1n) is 12.5. The number of carbonyl (C=O) groups is 1. The summed E-state index contributed by atoms with van der Waals surface area (Å²) in [6.45, 7) is 16.7. The molecule has 0 amide bonds. The van der Waals surface area contributed by atoms with Gasteiger partial charge < -0.3 is 19.1 Å². The molecule has 0 aromatic heterocycles. The molecule has 0 spiro atoms. The Morgan fingerprint density at radius 2 is 1.91 bits per heavy atom. The molecule has 5 heteroatoms. The van der Waals surface area contributed by atoms with Gasteiger partial charge in [0, 0.05) is 18.5 Å². The number of hydrogen-bond donors (Lipinski definition) is 0. The lowest BCUT2D eigenvalue weighted by atomic mass is 9.67. The summed E-state index contributed by atoms with van der Waals surface area (Å²) in [4.78, 5) is 15.3. The van der Waals surface area contributed by atoms with Gasteiger partial charge in [-0.2, -0.15) is 0 Å². The molecule has 0 radical (unpaired) electrons. The SMILES string of the molecule is C=C(C)[C@@]12CCN(C)Cc3ccc(OC)c(c31)OC2C[C@H](C)OC(=O)c1ccc(C(C)(C)C)cc1. The molecule has 1 unspecified atom stereocenters. The molecule has 2 aromatic rings. The highest BCUT2D eigenvalue weighted by Crippen LogP contribution is 2.56.